The number of rotatable bonds is 6. The molecule has 1 atom stereocenters. The van der Waals surface area contributed by atoms with Gasteiger partial charge in [0, 0.05) is 28.3 Å². The zero-order chi connectivity index (χ0) is 23.9. The Morgan fingerprint density at radius 2 is 1.58 bits per heavy atom. The first-order valence-corrected chi connectivity index (χ1v) is 10.7. The lowest BCUT2D eigenvalue weighted by molar-refractivity contribution is -0.142. The Morgan fingerprint density at radius 1 is 0.939 bits per heavy atom. The normalized spacial score (nSPS) is 12.2. The number of benzene rings is 2. The lowest BCUT2D eigenvalue weighted by atomic mass is 9.98. The van der Waals surface area contributed by atoms with Crippen molar-refractivity contribution < 1.29 is 23.5 Å². The van der Waals surface area contributed by atoms with Gasteiger partial charge in [0.1, 0.15) is 16.9 Å². The van der Waals surface area contributed by atoms with Crippen LogP contribution < -0.4 is 10.9 Å². The molecule has 1 amide bonds. The van der Waals surface area contributed by atoms with Crippen molar-refractivity contribution in [3.63, 3.8) is 0 Å². The van der Waals surface area contributed by atoms with E-state index in [-0.39, 0.29) is 12.8 Å². The van der Waals surface area contributed by atoms with Crippen LogP contribution in [0.15, 0.2) is 50.0 Å². The number of carboxylic acid groups (broad SMARTS) is 1. The van der Waals surface area contributed by atoms with Crippen LogP contribution in [-0.2, 0) is 16.0 Å². The molecule has 7 heteroatoms. The summed E-state index contributed by atoms with van der Waals surface area (Å²) in [7, 11) is 0. The number of carbonyl (C=O) groups excluding carboxylic acids is 1. The van der Waals surface area contributed by atoms with Crippen molar-refractivity contribution in [1.29, 1.82) is 0 Å². The summed E-state index contributed by atoms with van der Waals surface area (Å²) in [5, 5.41) is 13.8. The lowest BCUT2D eigenvalue weighted by Crippen LogP contribution is -2.34. The third-order valence-electron chi connectivity index (χ3n) is 6.23. The van der Waals surface area contributed by atoms with Crippen molar-refractivity contribution in [3.8, 4) is 0 Å². The highest BCUT2D eigenvalue weighted by Gasteiger charge is 2.23. The van der Waals surface area contributed by atoms with E-state index in [0.717, 1.165) is 33.2 Å². The third kappa shape index (κ3) is 4.02. The second kappa shape index (κ2) is 8.58. The molecule has 0 radical (unpaired) electrons. The van der Waals surface area contributed by atoms with Crippen LogP contribution in [0.5, 0.6) is 0 Å². The minimum absolute atomic E-state index is 0.0429. The number of fused-ring (bicyclic) bond motifs is 2. The number of hydrogen-bond donors (Lipinski definition) is 2. The van der Waals surface area contributed by atoms with Gasteiger partial charge in [-0.1, -0.05) is 30.3 Å². The second-order valence-corrected chi connectivity index (χ2v) is 8.28. The van der Waals surface area contributed by atoms with E-state index in [0.29, 0.717) is 22.3 Å². The summed E-state index contributed by atoms with van der Waals surface area (Å²) in [6, 6.07) is 9.28. The van der Waals surface area contributed by atoms with Gasteiger partial charge in [0.25, 0.3) is 0 Å². The van der Waals surface area contributed by atoms with E-state index in [1.54, 1.807) is 30.3 Å². The largest absolute Gasteiger partial charge is 0.479 e. The summed E-state index contributed by atoms with van der Waals surface area (Å²) in [6.07, 6.45) is 0.0936. The molecule has 33 heavy (non-hydrogen) atoms. The average Bonchev–Trinajstić information content (AvgIpc) is 3.07. The Morgan fingerprint density at radius 3 is 2.24 bits per heavy atom. The van der Waals surface area contributed by atoms with E-state index in [4.69, 9.17) is 8.83 Å². The zero-order valence-electron chi connectivity index (χ0n) is 18.9. The number of furan rings is 1. The van der Waals surface area contributed by atoms with E-state index in [1.807, 2.05) is 33.8 Å². The highest BCUT2D eigenvalue weighted by molar-refractivity contribution is 6.00. The number of carbonyl (C=O) groups is 2. The van der Waals surface area contributed by atoms with Crippen LogP contribution in [0.25, 0.3) is 21.9 Å². The molecular formula is C26H25NO6. The highest BCUT2D eigenvalue weighted by Crippen LogP contribution is 2.34. The van der Waals surface area contributed by atoms with E-state index in [9.17, 15) is 19.5 Å². The molecule has 2 N–H and O–H groups in total. The van der Waals surface area contributed by atoms with Crippen LogP contribution >= 0.6 is 0 Å². The molecular weight excluding hydrogens is 422 g/mol. The summed E-state index contributed by atoms with van der Waals surface area (Å²) >= 11 is 0. The van der Waals surface area contributed by atoms with Crippen LogP contribution in [-0.4, -0.2) is 17.0 Å². The maximum Gasteiger partial charge on any atom is 0.339 e. The Kier molecular flexibility index (Phi) is 5.80. The molecule has 0 saturated heterocycles. The molecule has 4 aromatic rings. The molecule has 0 aliphatic heterocycles. The lowest BCUT2D eigenvalue weighted by Gasteiger charge is -2.15. The Bertz CT molecular complexity index is 1450. The molecule has 170 valence electrons. The van der Waals surface area contributed by atoms with Gasteiger partial charge in [-0.15, -0.1) is 0 Å². The third-order valence-corrected chi connectivity index (χ3v) is 6.23. The summed E-state index contributed by atoms with van der Waals surface area (Å²) in [4.78, 5) is 36.9. The molecule has 1 unspecified atom stereocenters. The number of amides is 1. The zero-order valence-corrected chi connectivity index (χ0v) is 18.9. The van der Waals surface area contributed by atoms with Crippen molar-refractivity contribution in [2.24, 2.45) is 0 Å². The van der Waals surface area contributed by atoms with Crippen LogP contribution in [0.2, 0.25) is 0 Å². The molecule has 0 spiro atoms. The second-order valence-electron chi connectivity index (χ2n) is 8.28. The van der Waals surface area contributed by atoms with Gasteiger partial charge in [-0.3, -0.25) is 4.79 Å². The minimum Gasteiger partial charge on any atom is -0.479 e. The van der Waals surface area contributed by atoms with E-state index >= 15 is 0 Å². The molecule has 0 fully saturated rings. The molecule has 0 aliphatic carbocycles. The van der Waals surface area contributed by atoms with Crippen molar-refractivity contribution >= 4 is 33.8 Å². The van der Waals surface area contributed by atoms with Crippen LogP contribution in [0.4, 0.5) is 0 Å². The topological polar surface area (TPSA) is 110 Å². The monoisotopic (exact) mass is 447 g/mol. The van der Waals surface area contributed by atoms with Gasteiger partial charge < -0.3 is 19.3 Å². The van der Waals surface area contributed by atoms with E-state index < -0.39 is 23.5 Å². The molecule has 4 rings (SSSR count). The predicted octanol–water partition coefficient (Wildman–Crippen LogP) is 4.65. The fraction of sp³-hybridized carbons (Fsp3) is 0.269. The maximum atomic E-state index is 12.8. The summed E-state index contributed by atoms with van der Waals surface area (Å²) in [6.45, 7) is 7.58. The minimum atomic E-state index is -1.16. The van der Waals surface area contributed by atoms with Crippen molar-refractivity contribution in [3.05, 3.63) is 80.4 Å². The van der Waals surface area contributed by atoms with E-state index in [1.165, 1.54) is 0 Å². The fourth-order valence-corrected chi connectivity index (χ4v) is 4.19. The average molecular weight is 447 g/mol. The molecule has 0 aliphatic rings. The molecule has 0 saturated carbocycles. The van der Waals surface area contributed by atoms with Crippen molar-refractivity contribution in [2.75, 3.05) is 0 Å². The predicted molar refractivity (Wildman–Crippen MR) is 124 cm³/mol. The summed E-state index contributed by atoms with van der Waals surface area (Å²) in [5.41, 5.74) is 4.08. The number of aliphatic carboxylic acids is 1. The van der Waals surface area contributed by atoms with Gasteiger partial charge in [0.05, 0.1) is 0 Å². The quantitative estimate of drug-likeness (QED) is 0.417. The summed E-state index contributed by atoms with van der Waals surface area (Å²) in [5.74, 6) is -0.800. The smallest absolute Gasteiger partial charge is 0.339 e. The number of nitrogens with one attached hydrogen (secondary N) is 1. The number of aryl methyl sites for hydroxylation is 4. The van der Waals surface area contributed by atoms with Gasteiger partial charge in [0.2, 0.25) is 5.91 Å². The van der Waals surface area contributed by atoms with Crippen molar-refractivity contribution in [2.45, 2.75) is 46.6 Å². The molecule has 2 heterocycles. The molecule has 0 bridgehead atoms. The SMILES string of the molecule is Cc1oc2c(C)c3oc(=O)c(CCC(=O)NC(C(=O)O)c4ccccc4)c(C)c3cc2c1C. The molecule has 2 aromatic heterocycles. The van der Waals surface area contributed by atoms with Crippen LogP contribution in [0.3, 0.4) is 0 Å². The van der Waals surface area contributed by atoms with Gasteiger partial charge in [0.15, 0.2) is 6.04 Å². The Labute approximate surface area is 190 Å². The first-order chi connectivity index (χ1) is 15.7. The number of hydrogen-bond acceptors (Lipinski definition) is 5. The van der Waals surface area contributed by atoms with Gasteiger partial charge in [-0.25, -0.2) is 9.59 Å². The first-order valence-electron chi connectivity index (χ1n) is 10.7. The molecule has 2 aromatic carbocycles. The highest BCUT2D eigenvalue weighted by atomic mass is 16.4. The van der Waals surface area contributed by atoms with E-state index in [2.05, 4.69) is 5.32 Å². The standard InChI is InChI=1S/C26H25NO6/c1-13-16(4)32-23-15(3)24-20(12-19(13)23)14(2)18(26(31)33-24)10-11-21(28)27-22(25(29)30)17-8-6-5-7-9-17/h5-9,12,22H,10-11H2,1-4H3,(H,27,28)(H,29,30). The van der Waals surface area contributed by atoms with Gasteiger partial charge >= 0.3 is 11.6 Å². The Balaban J connectivity index is 1.63. The molecule has 7 nitrogen and oxygen atoms in total. The fourth-order valence-electron chi connectivity index (χ4n) is 4.19. The number of carboxylic acids is 1. The van der Waals surface area contributed by atoms with Crippen LogP contribution in [0.1, 0.15) is 46.0 Å². The first kappa shape index (κ1) is 22.3. The van der Waals surface area contributed by atoms with Gasteiger partial charge in [-0.2, -0.15) is 0 Å². The van der Waals surface area contributed by atoms with Gasteiger partial charge in [-0.05, 0) is 56.9 Å². The maximum absolute atomic E-state index is 12.8. The summed E-state index contributed by atoms with van der Waals surface area (Å²) < 4.78 is 11.5. The van der Waals surface area contributed by atoms with Crippen LogP contribution in [0, 0.1) is 27.7 Å². The Hall–Kier alpha value is -3.87. The van der Waals surface area contributed by atoms with Crippen molar-refractivity contribution in [1.82, 2.24) is 5.32 Å².